The Hall–Kier alpha value is -2.14. The van der Waals surface area contributed by atoms with Crippen LogP contribution in [0.2, 0.25) is 0 Å². The van der Waals surface area contributed by atoms with Crippen LogP contribution in [-0.4, -0.2) is 31.1 Å². The minimum Gasteiger partial charge on any atom is -0.491 e. The lowest BCUT2D eigenvalue weighted by Gasteiger charge is -2.17. The SMILES string of the molecule is O=C1C2C3C=CC(C3)C2C(=O)N1c1ccc(OCC2CO2)cc1. The molecule has 0 spiro atoms. The van der Waals surface area contributed by atoms with Gasteiger partial charge >= 0.3 is 0 Å². The third-order valence-electron chi connectivity index (χ3n) is 5.40. The third-order valence-corrected chi connectivity index (χ3v) is 5.40. The van der Waals surface area contributed by atoms with Gasteiger partial charge in [-0.05, 0) is 42.5 Å². The third kappa shape index (κ3) is 1.96. The molecule has 5 rings (SSSR count). The first-order chi connectivity index (χ1) is 11.2. The molecule has 0 aromatic heterocycles. The number of amides is 2. The standard InChI is InChI=1S/C18H17NO4/c20-17-15-10-1-2-11(7-10)16(15)18(21)19(17)12-3-5-13(6-4-12)22-8-14-9-23-14/h1-6,10-11,14-16H,7-9H2. The van der Waals surface area contributed by atoms with Crippen LogP contribution in [0.15, 0.2) is 36.4 Å². The van der Waals surface area contributed by atoms with E-state index in [4.69, 9.17) is 9.47 Å². The molecule has 3 fully saturated rings. The number of hydrogen-bond acceptors (Lipinski definition) is 4. The van der Waals surface area contributed by atoms with Gasteiger partial charge in [-0.2, -0.15) is 0 Å². The molecule has 2 aliphatic carbocycles. The fourth-order valence-corrected chi connectivity index (χ4v) is 4.20. The molecule has 23 heavy (non-hydrogen) atoms. The van der Waals surface area contributed by atoms with Gasteiger partial charge in [-0.3, -0.25) is 14.5 Å². The molecule has 2 bridgehead atoms. The molecular formula is C18H17NO4. The summed E-state index contributed by atoms with van der Waals surface area (Å²) in [5, 5.41) is 0. The Bertz CT molecular complexity index is 676. The Kier molecular flexibility index (Phi) is 2.71. The molecule has 2 heterocycles. The van der Waals surface area contributed by atoms with Crippen molar-refractivity contribution in [2.45, 2.75) is 12.5 Å². The maximum absolute atomic E-state index is 12.7. The Balaban J connectivity index is 1.37. The normalized spacial score (nSPS) is 36.7. The van der Waals surface area contributed by atoms with E-state index in [0.29, 0.717) is 12.3 Å². The molecular weight excluding hydrogens is 294 g/mol. The van der Waals surface area contributed by atoms with E-state index < -0.39 is 0 Å². The van der Waals surface area contributed by atoms with Crippen LogP contribution in [0.1, 0.15) is 6.42 Å². The van der Waals surface area contributed by atoms with Crippen LogP contribution >= 0.6 is 0 Å². The van der Waals surface area contributed by atoms with E-state index in [2.05, 4.69) is 12.2 Å². The molecule has 4 aliphatic rings. The lowest BCUT2D eigenvalue weighted by molar-refractivity contribution is -0.123. The van der Waals surface area contributed by atoms with E-state index in [-0.39, 0.29) is 41.6 Å². The van der Waals surface area contributed by atoms with Crippen molar-refractivity contribution in [1.82, 2.24) is 0 Å². The lowest BCUT2D eigenvalue weighted by Crippen LogP contribution is -2.32. The van der Waals surface area contributed by atoms with E-state index in [0.717, 1.165) is 18.8 Å². The first kappa shape index (κ1) is 13.3. The Morgan fingerprint density at radius 2 is 1.65 bits per heavy atom. The molecule has 0 radical (unpaired) electrons. The van der Waals surface area contributed by atoms with E-state index in [1.54, 1.807) is 24.3 Å². The van der Waals surface area contributed by atoms with Gasteiger partial charge in [-0.15, -0.1) is 0 Å². The monoisotopic (exact) mass is 311 g/mol. The molecule has 1 aromatic rings. The van der Waals surface area contributed by atoms with E-state index >= 15 is 0 Å². The number of epoxide rings is 1. The maximum Gasteiger partial charge on any atom is 0.238 e. The number of imide groups is 1. The van der Waals surface area contributed by atoms with Gasteiger partial charge in [0.2, 0.25) is 11.8 Å². The summed E-state index contributed by atoms with van der Waals surface area (Å²) in [6.07, 6.45) is 5.38. The molecule has 0 N–H and O–H groups in total. The fraction of sp³-hybridized carbons (Fsp3) is 0.444. The van der Waals surface area contributed by atoms with Crippen molar-refractivity contribution in [3.63, 3.8) is 0 Å². The number of fused-ring (bicyclic) bond motifs is 5. The number of rotatable bonds is 4. The molecule has 5 nitrogen and oxygen atoms in total. The molecule has 2 aliphatic heterocycles. The predicted octanol–water partition coefficient (Wildman–Crippen LogP) is 1.78. The number of allylic oxidation sites excluding steroid dienone is 2. The summed E-state index contributed by atoms with van der Waals surface area (Å²) in [4.78, 5) is 26.8. The number of benzene rings is 1. The van der Waals surface area contributed by atoms with Crippen LogP contribution in [0.25, 0.3) is 0 Å². The largest absolute Gasteiger partial charge is 0.491 e. The van der Waals surface area contributed by atoms with E-state index in [1.807, 2.05) is 0 Å². The highest BCUT2D eigenvalue weighted by molar-refractivity contribution is 6.22. The number of ether oxygens (including phenoxy) is 2. The summed E-state index contributed by atoms with van der Waals surface area (Å²) < 4.78 is 10.7. The Labute approximate surface area is 133 Å². The highest BCUT2D eigenvalue weighted by Gasteiger charge is 2.59. The van der Waals surface area contributed by atoms with E-state index in [1.165, 1.54) is 4.90 Å². The minimum absolute atomic E-state index is 0.0445. The second kappa shape index (κ2) is 4.68. The molecule has 5 unspecified atom stereocenters. The molecule has 1 aromatic carbocycles. The smallest absolute Gasteiger partial charge is 0.238 e. The molecule has 2 saturated heterocycles. The van der Waals surface area contributed by atoms with Crippen LogP contribution in [0.4, 0.5) is 5.69 Å². The van der Waals surface area contributed by atoms with Gasteiger partial charge in [0.15, 0.2) is 0 Å². The Morgan fingerprint density at radius 1 is 1.04 bits per heavy atom. The summed E-state index contributed by atoms with van der Waals surface area (Å²) in [6, 6.07) is 7.18. The highest BCUT2D eigenvalue weighted by Crippen LogP contribution is 2.53. The van der Waals surface area contributed by atoms with Gasteiger partial charge in [0, 0.05) is 0 Å². The lowest BCUT2D eigenvalue weighted by atomic mass is 9.85. The van der Waals surface area contributed by atoms with Crippen LogP contribution in [0.5, 0.6) is 5.75 Å². The number of nitrogens with zero attached hydrogens (tertiary/aromatic N) is 1. The predicted molar refractivity (Wildman–Crippen MR) is 81.9 cm³/mol. The molecule has 5 atom stereocenters. The van der Waals surface area contributed by atoms with Crippen molar-refractivity contribution in [2.75, 3.05) is 18.1 Å². The van der Waals surface area contributed by atoms with Gasteiger partial charge in [0.05, 0.1) is 24.1 Å². The first-order valence-electron chi connectivity index (χ1n) is 8.13. The average molecular weight is 311 g/mol. The minimum atomic E-state index is -0.152. The van der Waals surface area contributed by atoms with Gasteiger partial charge in [-0.1, -0.05) is 12.2 Å². The molecule has 1 saturated carbocycles. The van der Waals surface area contributed by atoms with Gasteiger partial charge in [-0.25, -0.2) is 0 Å². The topological polar surface area (TPSA) is 59.1 Å². The van der Waals surface area contributed by atoms with Crippen molar-refractivity contribution >= 4 is 17.5 Å². The number of hydrogen-bond donors (Lipinski definition) is 0. The average Bonchev–Trinajstić information content (AvgIpc) is 3.06. The molecule has 5 heteroatoms. The van der Waals surface area contributed by atoms with Crippen LogP contribution in [0.3, 0.4) is 0 Å². The van der Waals surface area contributed by atoms with Gasteiger partial charge in [0.25, 0.3) is 0 Å². The second-order valence-electron chi connectivity index (χ2n) is 6.77. The van der Waals surface area contributed by atoms with Crippen LogP contribution in [-0.2, 0) is 14.3 Å². The summed E-state index contributed by atoms with van der Waals surface area (Å²) in [5.41, 5.74) is 0.642. The van der Waals surface area contributed by atoms with Crippen molar-refractivity contribution in [3.8, 4) is 5.75 Å². The van der Waals surface area contributed by atoms with Crippen molar-refractivity contribution in [3.05, 3.63) is 36.4 Å². The number of carbonyl (C=O) groups excluding carboxylic acids is 2. The summed E-state index contributed by atoms with van der Waals surface area (Å²) in [6.45, 7) is 1.30. The highest BCUT2D eigenvalue weighted by atomic mass is 16.6. The number of anilines is 1. The van der Waals surface area contributed by atoms with Crippen molar-refractivity contribution < 1.29 is 19.1 Å². The van der Waals surface area contributed by atoms with Crippen LogP contribution < -0.4 is 9.64 Å². The van der Waals surface area contributed by atoms with E-state index in [9.17, 15) is 9.59 Å². The summed E-state index contributed by atoms with van der Waals surface area (Å²) >= 11 is 0. The summed E-state index contributed by atoms with van der Waals surface area (Å²) in [7, 11) is 0. The second-order valence-corrected chi connectivity index (χ2v) is 6.77. The molecule has 2 amide bonds. The van der Waals surface area contributed by atoms with Crippen molar-refractivity contribution in [1.29, 1.82) is 0 Å². The molecule has 118 valence electrons. The van der Waals surface area contributed by atoms with Gasteiger partial charge in [0.1, 0.15) is 18.5 Å². The van der Waals surface area contributed by atoms with Gasteiger partial charge < -0.3 is 9.47 Å². The zero-order valence-electron chi connectivity index (χ0n) is 12.6. The Morgan fingerprint density at radius 3 is 2.22 bits per heavy atom. The zero-order chi connectivity index (χ0) is 15.6. The number of carbonyl (C=O) groups is 2. The van der Waals surface area contributed by atoms with Crippen molar-refractivity contribution in [2.24, 2.45) is 23.7 Å². The quantitative estimate of drug-likeness (QED) is 0.483. The summed E-state index contributed by atoms with van der Waals surface area (Å²) in [5.74, 6) is 0.820. The zero-order valence-corrected chi connectivity index (χ0v) is 12.6. The fourth-order valence-electron chi connectivity index (χ4n) is 4.20. The first-order valence-corrected chi connectivity index (χ1v) is 8.13. The van der Waals surface area contributed by atoms with Crippen LogP contribution in [0, 0.1) is 23.7 Å². The maximum atomic E-state index is 12.7.